The van der Waals surface area contributed by atoms with Crippen molar-refractivity contribution in [2.24, 2.45) is 10.9 Å². The smallest absolute Gasteiger partial charge is 0.190 e. The Kier molecular flexibility index (Phi) is 10.4. The number of nitrogens with zero attached hydrogens (tertiary/aromatic N) is 4. The van der Waals surface area contributed by atoms with Crippen molar-refractivity contribution in [1.29, 1.82) is 0 Å². The third kappa shape index (κ3) is 7.55. The molecule has 2 rings (SSSR count). The number of halogens is 1. The largest absolute Gasteiger partial charge is 0.381 e. The Morgan fingerprint density at radius 1 is 1.24 bits per heavy atom. The molecule has 25 heavy (non-hydrogen) atoms. The van der Waals surface area contributed by atoms with E-state index in [9.17, 15) is 0 Å². The predicted molar refractivity (Wildman–Crippen MR) is 112 cm³/mol. The van der Waals surface area contributed by atoms with Gasteiger partial charge in [-0.05, 0) is 24.5 Å². The molecular weight excluding hydrogens is 431 g/mol. The Balaban J connectivity index is 0.00000312. The van der Waals surface area contributed by atoms with Gasteiger partial charge in [-0.15, -0.1) is 34.2 Å². The molecule has 0 aliphatic heterocycles. The highest BCUT2D eigenvalue weighted by atomic mass is 127. The van der Waals surface area contributed by atoms with E-state index in [2.05, 4.69) is 39.7 Å². The van der Waals surface area contributed by atoms with Gasteiger partial charge in [-0.1, -0.05) is 19.9 Å². The van der Waals surface area contributed by atoms with E-state index >= 15 is 0 Å². The summed E-state index contributed by atoms with van der Waals surface area (Å²) in [5.74, 6) is 2.32. The molecular formula is C17H29IN6O. The maximum Gasteiger partial charge on any atom is 0.190 e. The Bertz CT molecular complexity index is 643. The molecule has 140 valence electrons. The lowest BCUT2D eigenvalue weighted by atomic mass is 10.2. The molecule has 2 aromatic rings. The summed E-state index contributed by atoms with van der Waals surface area (Å²) >= 11 is 0. The van der Waals surface area contributed by atoms with Gasteiger partial charge in [0.1, 0.15) is 5.82 Å². The molecule has 8 heteroatoms. The average Bonchev–Trinajstić information content (AvgIpc) is 2.99. The Morgan fingerprint density at radius 3 is 2.80 bits per heavy atom. The number of aromatic nitrogens is 3. The van der Waals surface area contributed by atoms with Crippen LogP contribution in [0, 0.1) is 5.92 Å². The number of hydrogen-bond acceptors (Lipinski definition) is 4. The van der Waals surface area contributed by atoms with E-state index in [1.807, 2.05) is 28.8 Å². The van der Waals surface area contributed by atoms with Gasteiger partial charge in [-0.25, -0.2) is 0 Å². The van der Waals surface area contributed by atoms with Gasteiger partial charge in [0.25, 0.3) is 0 Å². The van der Waals surface area contributed by atoms with Gasteiger partial charge in [-0.3, -0.25) is 9.39 Å². The van der Waals surface area contributed by atoms with Crippen LogP contribution in [0.5, 0.6) is 0 Å². The molecule has 2 N–H and O–H groups in total. The van der Waals surface area contributed by atoms with Crippen LogP contribution in [0.25, 0.3) is 5.65 Å². The van der Waals surface area contributed by atoms with Gasteiger partial charge in [-0.2, -0.15) is 0 Å². The lowest BCUT2D eigenvalue weighted by molar-refractivity contribution is 0.108. The van der Waals surface area contributed by atoms with Crippen molar-refractivity contribution < 1.29 is 4.74 Å². The number of guanidine groups is 1. The van der Waals surface area contributed by atoms with Crippen LogP contribution in [0.15, 0.2) is 29.4 Å². The van der Waals surface area contributed by atoms with E-state index in [0.29, 0.717) is 5.92 Å². The zero-order valence-electron chi connectivity index (χ0n) is 15.2. The zero-order valence-corrected chi connectivity index (χ0v) is 17.6. The summed E-state index contributed by atoms with van der Waals surface area (Å²) in [4.78, 5) is 4.23. The molecule has 0 aliphatic carbocycles. The van der Waals surface area contributed by atoms with Crippen LogP contribution >= 0.6 is 24.0 Å². The molecule has 0 saturated heterocycles. The molecule has 0 aromatic carbocycles. The lowest BCUT2D eigenvalue weighted by Crippen LogP contribution is -2.39. The molecule has 0 saturated carbocycles. The molecule has 0 unspecified atom stereocenters. The van der Waals surface area contributed by atoms with Gasteiger partial charge >= 0.3 is 0 Å². The van der Waals surface area contributed by atoms with E-state index in [0.717, 1.165) is 56.6 Å². The van der Waals surface area contributed by atoms with Gasteiger partial charge in [0, 0.05) is 46.0 Å². The van der Waals surface area contributed by atoms with Crippen molar-refractivity contribution in [2.75, 3.05) is 33.4 Å². The van der Waals surface area contributed by atoms with Crippen molar-refractivity contribution in [3.8, 4) is 0 Å². The first-order valence-corrected chi connectivity index (χ1v) is 8.51. The molecule has 0 bridgehead atoms. The van der Waals surface area contributed by atoms with E-state index in [1.54, 1.807) is 7.05 Å². The predicted octanol–water partition coefficient (Wildman–Crippen LogP) is 2.12. The highest BCUT2D eigenvalue weighted by Gasteiger charge is 2.04. The third-order valence-corrected chi connectivity index (χ3v) is 3.46. The second-order valence-corrected chi connectivity index (χ2v) is 6.04. The number of pyridine rings is 1. The van der Waals surface area contributed by atoms with E-state index in [1.165, 1.54) is 0 Å². The second-order valence-electron chi connectivity index (χ2n) is 6.04. The molecule has 2 aromatic heterocycles. The maximum atomic E-state index is 5.56. The molecule has 0 amide bonds. The van der Waals surface area contributed by atoms with Crippen LogP contribution in [0.4, 0.5) is 0 Å². The average molecular weight is 460 g/mol. The van der Waals surface area contributed by atoms with Crippen LogP contribution in [-0.4, -0.2) is 53.9 Å². The quantitative estimate of drug-likeness (QED) is 0.260. The van der Waals surface area contributed by atoms with Crippen LogP contribution < -0.4 is 10.6 Å². The molecule has 0 atom stereocenters. The van der Waals surface area contributed by atoms with E-state index < -0.39 is 0 Å². The lowest BCUT2D eigenvalue weighted by Gasteiger charge is -2.12. The van der Waals surface area contributed by atoms with Crippen LogP contribution in [0.3, 0.4) is 0 Å². The van der Waals surface area contributed by atoms with Crippen LogP contribution in [0.2, 0.25) is 0 Å². The normalized spacial score (nSPS) is 11.6. The summed E-state index contributed by atoms with van der Waals surface area (Å²) in [6.45, 7) is 7.49. The Labute approximate surface area is 166 Å². The van der Waals surface area contributed by atoms with Crippen molar-refractivity contribution in [2.45, 2.75) is 26.7 Å². The fourth-order valence-electron chi connectivity index (χ4n) is 2.27. The van der Waals surface area contributed by atoms with Crippen molar-refractivity contribution in [3.05, 3.63) is 30.2 Å². The van der Waals surface area contributed by atoms with Gasteiger partial charge in [0.15, 0.2) is 11.6 Å². The minimum absolute atomic E-state index is 0. The molecule has 7 nitrogen and oxygen atoms in total. The minimum Gasteiger partial charge on any atom is -0.381 e. The molecule has 0 radical (unpaired) electrons. The standard InChI is InChI=1S/C17H28N6O.HI/c1-14(2)13-24-12-6-9-19-17(18-3)20-10-8-16-22-21-15-7-4-5-11-23(15)16;/h4-5,7,11,14H,6,8-10,12-13H2,1-3H3,(H2,18,19,20);1H. The summed E-state index contributed by atoms with van der Waals surface area (Å²) in [6.07, 6.45) is 3.72. The molecule has 2 heterocycles. The first-order valence-electron chi connectivity index (χ1n) is 8.51. The summed E-state index contributed by atoms with van der Waals surface area (Å²) < 4.78 is 7.57. The number of hydrogen-bond donors (Lipinski definition) is 2. The van der Waals surface area contributed by atoms with Crippen LogP contribution in [0.1, 0.15) is 26.1 Å². The fraction of sp³-hybridized carbons (Fsp3) is 0.588. The number of nitrogens with one attached hydrogen (secondary N) is 2. The minimum atomic E-state index is 0. The summed E-state index contributed by atoms with van der Waals surface area (Å²) in [5, 5.41) is 15.0. The highest BCUT2D eigenvalue weighted by Crippen LogP contribution is 2.02. The van der Waals surface area contributed by atoms with E-state index in [4.69, 9.17) is 4.74 Å². The van der Waals surface area contributed by atoms with Crippen molar-refractivity contribution in [1.82, 2.24) is 25.2 Å². The van der Waals surface area contributed by atoms with Crippen LogP contribution in [-0.2, 0) is 11.2 Å². The number of rotatable bonds is 9. The topological polar surface area (TPSA) is 75.8 Å². The SMILES string of the molecule is CN=C(NCCCOCC(C)C)NCCc1nnc2ccccn12.I. The van der Waals surface area contributed by atoms with Gasteiger partial charge < -0.3 is 15.4 Å². The second kappa shape index (κ2) is 12.0. The molecule has 0 aliphatic rings. The number of fused-ring (bicyclic) bond motifs is 1. The fourth-order valence-corrected chi connectivity index (χ4v) is 2.27. The first kappa shape index (κ1) is 21.6. The summed E-state index contributed by atoms with van der Waals surface area (Å²) in [7, 11) is 1.77. The van der Waals surface area contributed by atoms with Gasteiger partial charge in [0.05, 0.1) is 0 Å². The van der Waals surface area contributed by atoms with Crippen molar-refractivity contribution in [3.63, 3.8) is 0 Å². The number of ether oxygens (including phenoxy) is 1. The monoisotopic (exact) mass is 460 g/mol. The third-order valence-electron chi connectivity index (χ3n) is 3.46. The first-order chi connectivity index (χ1) is 11.7. The summed E-state index contributed by atoms with van der Waals surface area (Å²) in [5.41, 5.74) is 0.872. The highest BCUT2D eigenvalue weighted by molar-refractivity contribution is 14.0. The van der Waals surface area contributed by atoms with Gasteiger partial charge in [0.2, 0.25) is 0 Å². The Hall–Kier alpha value is -1.42. The van der Waals surface area contributed by atoms with Crippen molar-refractivity contribution >= 4 is 35.6 Å². The zero-order chi connectivity index (χ0) is 17.2. The Morgan fingerprint density at radius 2 is 2.04 bits per heavy atom. The summed E-state index contributed by atoms with van der Waals surface area (Å²) in [6, 6.07) is 5.89. The molecule has 0 spiro atoms. The maximum absolute atomic E-state index is 5.56. The van der Waals surface area contributed by atoms with E-state index in [-0.39, 0.29) is 24.0 Å². The number of aliphatic imine (C=N–C) groups is 1. The molecule has 0 fully saturated rings.